The van der Waals surface area contributed by atoms with Crippen LogP contribution in [0.2, 0.25) is 0 Å². The van der Waals surface area contributed by atoms with Crippen LogP contribution in [-0.4, -0.2) is 54.6 Å². The van der Waals surface area contributed by atoms with Gasteiger partial charge in [0.15, 0.2) is 0 Å². The molecule has 0 radical (unpaired) electrons. The lowest BCUT2D eigenvalue weighted by molar-refractivity contribution is 0.114. The molecule has 2 aliphatic rings. The van der Waals surface area contributed by atoms with Crippen LogP contribution in [0.5, 0.6) is 0 Å². The molecular formula is C16H28N4S. The van der Waals surface area contributed by atoms with Gasteiger partial charge in [0, 0.05) is 43.0 Å². The van der Waals surface area contributed by atoms with Crippen molar-refractivity contribution in [3.63, 3.8) is 0 Å². The number of piperazine rings is 1. The Balaban J connectivity index is 1.76. The van der Waals surface area contributed by atoms with E-state index in [9.17, 15) is 0 Å². The van der Waals surface area contributed by atoms with E-state index in [0.717, 1.165) is 32.4 Å². The summed E-state index contributed by atoms with van der Waals surface area (Å²) in [7, 11) is 4.45. The number of nitrogens with two attached hydrogens (primary N) is 1. The van der Waals surface area contributed by atoms with Gasteiger partial charge in [-0.1, -0.05) is 13.8 Å². The van der Waals surface area contributed by atoms with Gasteiger partial charge in [-0.25, -0.2) is 4.98 Å². The van der Waals surface area contributed by atoms with Crippen LogP contribution >= 0.6 is 11.3 Å². The smallest absolute Gasteiger partial charge is 0.0947 e. The highest BCUT2D eigenvalue weighted by molar-refractivity contribution is 7.11. The normalized spacial score (nSPS) is 30.3. The summed E-state index contributed by atoms with van der Waals surface area (Å²) in [5.74, 6) is 0. The maximum Gasteiger partial charge on any atom is 0.0947 e. The summed E-state index contributed by atoms with van der Waals surface area (Å²) >= 11 is 1.86. The Bertz CT molecular complexity index is 510. The molecule has 2 atom stereocenters. The van der Waals surface area contributed by atoms with Crippen LogP contribution in [-0.2, 0) is 12.8 Å². The molecule has 1 aliphatic carbocycles. The first-order valence-corrected chi connectivity index (χ1v) is 8.78. The molecule has 0 aromatic carbocycles. The Labute approximate surface area is 132 Å². The molecule has 1 aromatic heterocycles. The molecule has 1 saturated heterocycles. The number of hydrogen-bond acceptors (Lipinski definition) is 5. The first kappa shape index (κ1) is 15.4. The molecule has 0 amide bonds. The third-order valence-corrected chi connectivity index (χ3v) is 6.17. The fraction of sp³-hybridized carbons (Fsp3) is 0.812. The van der Waals surface area contributed by atoms with Gasteiger partial charge >= 0.3 is 0 Å². The Hall–Kier alpha value is -0.490. The predicted octanol–water partition coefficient (Wildman–Crippen LogP) is 1.90. The van der Waals surface area contributed by atoms with Gasteiger partial charge in [-0.15, -0.1) is 11.3 Å². The average Bonchev–Trinajstić information content (AvgIpc) is 2.75. The topological polar surface area (TPSA) is 45.4 Å². The maximum atomic E-state index is 6.37. The van der Waals surface area contributed by atoms with E-state index in [4.69, 9.17) is 10.7 Å². The number of aromatic nitrogens is 1. The van der Waals surface area contributed by atoms with Crippen LogP contribution in [0.15, 0.2) is 0 Å². The van der Waals surface area contributed by atoms with Crippen molar-refractivity contribution in [3.8, 4) is 0 Å². The summed E-state index contributed by atoms with van der Waals surface area (Å²) in [5, 5.41) is 1.28. The zero-order valence-electron chi connectivity index (χ0n) is 13.7. The van der Waals surface area contributed by atoms with Crippen molar-refractivity contribution in [1.82, 2.24) is 14.8 Å². The van der Waals surface area contributed by atoms with Gasteiger partial charge in [0.1, 0.15) is 0 Å². The van der Waals surface area contributed by atoms with Crippen LogP contribution in [0.4, 0.5) is 0 Å². The molecule has 2 heterocycles. The van der Waals surface area contributed by atoms with Crippen molar-refractivity contribution in [1.29, 1.82) is 0 Å². The van der Waals surface area contributed by atoms with E-state index in [1.54, 1.807) is 0 Å². The van der Waals surface area contributed by atoms with Gasteiger partial charge in [-0.05, 0) is 32.4 Å². The van der Waals surface area contributed by atoms with Crippen LogP contribution in [0.1, 0.15) is 41.9 Å². The molecule has 1 fully saturated rings. The first-order chi connectivity index (χ1) is 9.84. The summed E-state index contributed by atoms with van der Waals surface area (Å²) in [6, 6.07) is 0.766. The molecule has 0 spiro atoms. The van der Waals surface area contributed by atoms with Crippen LogP contribution < -0.4 is 5.73 Å². The monoisotopic (exact) mass is 308 g/mol. The number of thiazole rings is 1. The molecule has 0 bridgehead atoms. The van der Waals surface area contributed by atoms with Crippen LogP contribution in [0, 0.1) is 5.41 Å². The van der Waals surface area contributed by atoms with E-state index in [-0.39, 0.29) is 6.04 Å². The van der Waals surface area contributed by atoms with Gasteiger partial charge in [-0.3, -0.25) is 0 Å². The second-order valence-electron chi connectivity index (χ2n) is 7.67. The summed E-state index contributed by atoms with van der Waals surface area (Å²) < 4.78 is 0. The fourth-order valence-electron chi connectivity index (χ4n) is 3.65. The lowest BCUT2D eigenvalue weighted by atomic mass is 9.77. The first-order valence-electron chi connectivity index (χ1n) is 7.97. The number of rotatable bonds is 2. The second-order valence-corrected chi connectivity index (χ2v) is 8.79. The number of hydrogen-bond donors (Lipinski definition) is 1. The van der Waals surface area contributed by atoms with E-state index in [1.807, 2.05) is 11.3 Å². The maximum absolute atomic E-state index is 6.37. The number of fused-ring (bicyclic) bond motifs is 1. The van der Waals surface area contributed by atoms with E-state index in [1.165, 1.54) is 22.1 Å². The largest absolute Gasteiger partial charge is 0.323 e. The quantitative estimate of drug-likeness (QED) is 0.906. The summed E-state index contributed by atoms with van der Waals surface area (Å²) in [5.41, 5.74) is 7.93. The van der Waals surface area contributed by atoms with Gasteiger partial charge in [0.25, 0.3) is 0 Å². The summed E-state index contributed by atoms with van der Waals surface area (Å²) in [6.45, 7) is 8.06. The molecule has 1 aromatic rings. The van der Waals surface area contributed by atoms with Gasteiger partial charge in [0.05, 0.1) is 10.7 Å². The number of likely N-dealkylation sites (N-methyl/N-ethyl adjacent to an activating group) is 2. The number of nitrogens with zero attached hydrogens (tertiary/aromatic N) is 3. The molecular weight excluding hydrogens is 280 g/mol. The third-order valence-electron chi connectivity index (χ3n) is 4.92. The highest BCUT2D eigenvalue weighted by atomic mass is 32.1. The minimum atomic E-state index is 0.182. The molecule has 1 aliphatic heterocycles. The van der Waals surface area contributed by atoms with E-state index in [0.29, 0.717) is 11.5 Å². The zero-order valence-corrected chi connectivity index (χ0v) is 14.5. The minimum Gasteiger partial charge on any atom is -0.323 e. The van der Waals surface area contributed by atoms with Crippen molar-refractivity contribution in [2.45, 2.75) is 45.2 Å². The molecule has 4 nitrogen and oxygen atoms in total. The van der Waals surface area contributed by atoms with E-state index in [2.05, 4.69) is 37.7 Å². The van der Waals surface area contributed by atoms with Crippen LogP contribution in [0.3, 0.4) is 0 Å². The molecule has 5 heteroatoms. The third kappa shape index (κ3) is 3.31. The molecule has 0 saturated carbocycles. The lowest BCUT2D eigenvalue weighted by Crippen LogP contribution is -2.50. The molecule has 2 unspecified atom stereocenters. The van der Waals surface area contributed by atoms with Gasteiger partial charge in [0.2, 0.25) is 0 Å². The SMILES string of the molecule is CN1CCN(C)C(Cc2nc3c(s2)C(N)CC(C)(C)C3)C1. The molecule has 2 N–H and O–H groups in total. The summed E-state index contributed by atoms with van der Waals surface area (Å²) in [4.78, 5) is 11.2. The van der Waals surface area contributed by atoms with Gasteiger partial charge < -0.3 is 15.5 Å². The van der Waals surface area contributed by atoms with Crippen molar-refractivity contribution >= 4 is 11.3 Å². The lowest BCUT2D eigenvalue weighted by Gasteiger charge is -2.37. The molecule has 118 valence electrons. The van der Waals surface area contributed by atoms with Crippen molar-refractivity contribution in [3.05, 3.63) is 15.6 Å². The Morgan fingerprint density at radius 3 is 2.86 bits per heavy atom. The average molecular weight is 308 g/mol. The molecule has 3 rings (SSSR count). The highest BCUT2D eigenvalue weighted by Gasteiger charge is 2.33. The highest BCUT2D eigenvalue weighted by Crippen LogP contribution is 2.42. The second kappa shape index (κ2) is 5.61. The fourth-order valence-corrected chi connectivity index (χ4v) is 4.81. The standard InChI is InChI=1S/C16H28N4S/c1-16(2)8-12(17)15-13(9-16)18-14(21-15)7-11-10-19(3)5-6-20(11)4/h11-12H,5-10,17H2,1-4H3. The Morgan fingerprint density at radius 2 is 2.10 bits per heavy atom. The van der Waals surface area contributed by atoms with Crippen molar-refractivity contribution in [2.75, 3.05) is 33.7 Å². The predicted molar refractivity (Wildman–Crippen MR) is 88.8 cm³/mol. The van der Waals surface area contributed by atoms with Crippen molar-refractivity contribution < 1.29 is 0 Å². The van der Waals surface area contributed by atoms with Crippen LogP contribution in [0.25, 0.3) is 0 Å². The minimum absolute atomic E-state index is 0.182. The van der Waals surface area contributed by atoms with Gasteiger partial charge in [-0.2, -0.15) is 0 Å². The van der Waals surface area contributed by atoms with E-state index >= 15 is 0 Å². The Kier molecular flexibility index (Phi) is 4.12. The zero-order chi connectivity index (χ0) is 15.2. The van der Waals surface area contributed by atoms with E-state index < -0.39 is 0 Å². The molecule has 21 heavy (non-hydrogen) atoms. The summed E-state index contributed by atoms with van der Waals surface area (Å²) in [6.07, 6.45) is 3.21. The van der Waals surface area contributed by atoms with Crippen molar-refractivity contribution in [2.24, 2.45) is 11.1 Å². The Morgan fingerprint density at radius 1 is 1.33 bits per heavy atom.